The number of nitrogens with zero attached hydrogens (tertiary/aromatic N) is 2. The third-order valence-corrected chi connectivity index (χ3v) is 2.68. The molecular formula is C13H17N3O. The van der Waals surface area contributed by atoms with E-state index >= 15 is 0 Å². The van der Waals surface area contributed by atoms with E-state index in [9.17, 15) is 5.11 Å². The number of phenols is 1. The molecule has 2 rings (SSSR count). The van der Waals surface area contributed by atoms with Gasteiger partial charge in [-0.05, 0) is 19.9 Å². The highest BCUT2D eigenvalue weighted by atomic mass is 16.3. The molecule has 2 aromatic rings. The van der Waals surface area contributed by atoms with Crippen LogP contribution in [0.2, 0.25) is 0 Å². The molecule has 2 N–H and O–H groups in total. The Morgan fingerprint density at radius 2 is 2.24 bits per heavy atom. The largest absolute Gasteiger partial charge is 0.508 e. The Morgan fingerprint density at radius 3 is 2.94 bits per heavy atom. The summed E-state index contributed by atoms with van der Waals surface area (Å²) in [4.78, 5) is 0. The van der Waals surface area contributed by atoms with Crippen molar-refractivity contribution in [2.75, 3.05) is 5.32 Å². The summed E-state index contributed by atoms with van der Waals surface area (Å²) >= 11 is 0. The standard InChI is InChI=1S/C13H17N3O/c1-3-16-9-12(8-15-16)14-7-11-6-10(2)4-5-13(11)17/h4-6,8-9,14,17H,3,7H2,1-2H3. The fourth-order valence-electron chi connectivity index (χ4n) is 1.68. The topological polar surface area (TPSA) is 50.1 Å². The number of aryl methyl sites for hydroxylation is 2. The smallest absolute Gasteiger partial charge is 0.120 e. The summed E-state index contributed by atoms with van der Waals surface area (Å²) in [6, 6.07) is 5.60. The second-order valence-electron chi connectivity index (χ2n) is 4.07. The third kappa shape index (κ3) is 2.78. The van der Waals surface area contributed by atoms with E-state index in [0.29, 0.717) is 12.3 Å². The summed E-state index contributed by atoms with van der Waals surface area (Å²) in [5.41, 5.74) is 3.01. The van der Waals surface area contributed by atoms with Gasteiger partial charge in [-0.1, -0.05) is 17.7 Å². The summed E-state index contributed by atoms with van der Waals surface area (Å²) in [5, 5.41) is 17.1. The Kier molecular flexibility index (Phi) is 3.32. The molecule has 0 bridgehead atoms. The van der Waals surface area contributed by atoms with Gasteiger partial charge in [-0.15, -0.1) is 0 Å². The van der Waals surface area contributed by atoms with E-state index in [2.05, 4.69) is 10.4 Å². The van der Waals surface area contributed by atoms with Crippen molar-refractivity contribution in [3.63, 3.8) is 0 Å². The molecule has 0 saturated carbocycles. The lowest BCUT2D eigenvalue weighted by Crippen LogP contribution is -1.99. The van der Waals surface area contributed by atoms with E-state index in [1.54, 1.807) is 12.3 Å². The number of aromatic nitrogens is 2. The van der Waals surface area contributed by atoms with Gasteiger partial charge in [0.15, 0.2) is 0 Å². The van der Waals surface area contributed by atoms with Gasteiger partial charge in [-0.3, -0.25) is 4.68 Å². The molecule has 0 aliphatic carbocycles. The number of hydrogen-bond acceptors (Lipinski definition) is 3. The van der Waals surface area contributed by atoms with Crippen molar-refractivity contribution in [2.45, 2.75) is 26.9 Å². The summed E-state index contributed by atoms with van der Waals surface area (Å²) in [6.07, 6.45) is 3.74. The Bertz CT molecular complexity index is 505. The maximum absolute atomic E-state index is 9.70. The lowest BCUT2D eigenvalue weighted by atomic mass is 10.1. The number of rotatable bonds is 4. The van der Waals surface area contributed by atoms with E-state index in [4.69, 9.17) is 0 Å². The molecule has 0 radical (unpaired) electrons. The van der Waals surface area contributed by atoms with Crippen LogP contribution in [0.3, 0.4) is 0 Å². The van der Waals surface area contributed by atoms with Crippen molar-refractivity contribution in [3.05, 3.63) is 41.7 Å². The van der Waals surface area contributed by atoms with Crippen LogP contribution in [-0.2, 0) is 13.1 Å². The fraction of sp³-hybridized carbons (Fsp3) is 0.308. The molecule has 1 aromatic carbocycles. The van der Waals surface area contributed by atoms with Gasteiger partial charge in [0.2, 0.25) is 0 Å². The minimum atomic E-state index is 0.325. The van der Waals surface area contributed by atoms with E-state index in [-0.39, 0.29) is 0 Å². The molecule has 0 saturated heterocycles. The Morgan fingerprint density at radius 1 is 1.41 bits per heavy atom. The second kappa shape index (κ2) is 4.91. The monoisotopic (exact) mass is 231 g/mol. The molecule has 0 atom stereocenters. The van der Waals surface area contributed by atoms with Crippen LogP contribution in [0.5, 0.6) is 5.75 Å². The molecule has 1 aromatic heterocycles. The van der Waals surface area contributed by atoms with Crippen LogP contribution in [0.25, 0.3) is 0 Å². The van der Waals surface area contributed by atoms with E-state index in [0.717, 1.165) is 23.4 Å². The van der Waals surface area contributed by atoms with Crippen molar-refractivity contribution in [1.29, 1.82) is 0 Å². The van der Waals surface area contributed by atoms with Crippen LogP contribution < -0.4 is 5.32 Å². The summed E-state index contributed by atoms with van der Waals surface area (Å²) in [6.45, 7) is 5.52. The van der Waals surface area contributed by atoms with Crippen molar-refractivity contribution < 1.29 is 5.11 Å². The number of benzene rings is 1. The van der Waals surface area contributed by atoms with Crippen molar-refractivity contribution >= 4 is 5.69 Å². The van der Waals surface area contributed by atoms with Gasteiger partial charge >= 0.3 is 0 Å². The van der Waals surface area contributed by atoms with Crippen LogP contribution in [0.15, 0.2) is 30.6 Å². The van der Waals surface area contributed by atoms with Crippen LogP contribution >= 0.6 is 0 Å². The summed E-state index contributed by atoms with van der Waals surface area (Å²) in [5.74, 6) is 0.325. The molecule has 0 aliphatic rings. The molecule has 90 valence electrons. The summed E-state index contributed by atoms with van der Waals surface area (Å²) < 4.78 is 1.86. The minimum absolute atomic E-state index is 0.325. The molecule has 1 heterocycles. The lowest BCUT2D eigenvalue weighted by molar-refractivity contribution is 0.469. The SMILES string of the molecule is CCn1cc(NCc2cc(C)ccc2O)cn1. The number of anilines is 1. The van der Waals surface area contributed by atoms with Gasteiger partial charge < -0.3 is 10.4 Å². The quantitative estimate of drug-likeness (QED) is 0.850. The maximum Gasteiger partial charge on any atom is 0.120 e. The number of aromatic hydroxyl groups is 1. The Hall–Kier alpha value is -1.97. The summed E-state index contributed by atoms with van der Waals surface area (Å²) in [7, 11) is 0. The Labute approximate surface area is 101 Å². The molecule has 0 fully saturated rings. The fourth-order valence-corrected chi connectivity index (χ4v) is 1.68. The molecule has 0 amide bonds. The third-order valence-electron chi connectivity index (χ3n) is 2.68. The molecule has 4 heteroatoms. The lowest BCUT2D eigenvalue weighted by Gasteiger charge is -2.07. The highest BCUT2D eigenvalue weighted by Crippen LogP contribution is 2.19. The van der Waals surface area contributed by atoms with Crippen molar-refractivity contribution in [3.8, 4) is 5.75 Å². The van der Waals surface area contributed by atoms with Crippen molar-refractivity contribution in [1.82, 2.24) is 9.78 Å². The highest BCUT2D eigenvalue weighted by molar-refractivity contribution is 5.42. The van der Waals surface area contributed by atoms with Gasteiger partial charge in [0.25, 0.3) is 0 Å². The maximum atomic E-state index is 9.70. The predicted octanol–water partition coefficient (Wildman–Crippen LogP) is 2.53. The first-order valence-electron chi connectivity index (χ1n) is 5.74. The first kappa shape index (κ1) is 11.5. The molecule has 0 spiro atoms. The van der Waals surface area contributed by atoms with Crippen LogP contribution in [0.4, 0.5) is 5.69 Å². The van der Waals surface area contributed by atoms with Gasteiger partial charge in [0.1, 0.15) is 5.75 Å². The zero-order chi connectivity index (χ0) is 12.3. The molecule has 4 nitrogen and oxygen atoms in total. The number of hydrogen-bond donors (Lipinski definition) is 2. The molecular weight excluding hydrogens is 214 g/mol. The average molecular weight is 231 g/mol. The second-order valence-corrected chi connectivity index (χ2v) is 4.07. The van der Waals surface area contributed by atoms with E-state index in [1.165, 1.54) is 0 Å². The molecule has 17 heavy (non-hydrogen) atoms. The average Bonchev–Trinajstić information content (AvgIpc) is 2.78. The van der Waals surface area contributed by atoms with Crippen LogP contribution in [0, 0.1) is 6.92 Å². The minimum Gasteiger partial charge on any atom is -0.508 e. The van der Waals surface area contributed by atoms with Gasteiger partial charge in [0.05, 0.1) is 11.9 Å². The zero-order valence-corrected chi connectivity index (χ0v) is 10.1. The van der Waals surface area contributed by atoms with Crippen LogP contribution in [0.1, 0.15) is 18.1 Å². The van der Waals surface area contributed by atoms with Crippen LogP contribution in [-0.4, -0.2) is 14.9 Å². The van der Waals surface area contributed by atoms with Crippen molar-refractivity contribution in [2.24, 2.45) is 0 Å². The zero-order valence-electron chi connectivity index (χ0n) is 10.1. The first-order valence-corrected chi connectivity index (χ1v) is 5.74. The molecule has 0 aliphatic heterocycles. The normalized spacial score (nSPS) is 10.5. The van der Waals surface area contributed by atoms with Gasteiger partial charge in [-0.2, -0.15) is 5.10 Å². The highest BCUT2D eigenvalue weighted by Gasteiger charge is 2.02. The molecule has 0 unspecified atom stereocenters. The number of phenolic OH excluding ortho intramolecular Hbond substituents is 1. The Balaban J connectivity index is 2.04. The van der Waals surface area contributed by atoms with E-state index < -0.39 is 0 Å². The number of nitrogens with one attached hydrogen (secondary N) is 1. The van der Waals surface area contributed by atoms with E-state index in [1.807, 2.05) is 36.9 Å². The first-order chi connectivity index (χ1) is 8.19. The van der Waals surface area contributed by atoms with Gasteiger partial charge in [-0.25, -0.2) is 0 Å². The van der Waals surface area contributed by atoms with Gasteiger partial charge in [0, 0.05) is 24.8 Å². The predicted molar refractivity (Wildman–Crippen MR) is 68.1 cm³/mol.